The number of benzene rings is 1. The summed E-state index contributed by atoms with van der Waals surface area (Å²) < 4.78 is 16.5. The highest BCUT2D eigenvalue weighted by Gasteiger charge is 2.21. The third-order valence-electron chi connectivity index (χ3n) is 4.03. The number of ether oxygens (including phenoxy) is 3. The fraction of sp³-hybridized carbons (Fsp3) is 0.611. The molecule has 23 heavy (non-hydrogen) atoms. The Morgan fingerprint density at radius 1 is 1.39 bits per heavy atom. The van der Waals surface area contributed by atoms with Crippen LogP contribution >= 0.6 is 0 Å². The minimum Gasteiger partial charge on any atom is -0.496 e. The summed E-state index contributed by atoms with van der Waals surface area (Å²) in [5.41, 5.74) is 1.08. The Labute approximate surface area is 138 Å². The molecule has 0 bridgehead atoms. The van der Waals surface area contributed by atoms with Crippen molar-refractivity contribution in [3.8, 4) is 5.75 Å². The van der Waals surface area contributed by atoms with E-state index in [4.69, 9.17) is 14.2 Å². The number of nitrogens with one attached hydrogen (secondary N) is 1. The van der Waals surface area contributed by atoms with Crippen molar-refractivity contribution >= 4 is 5.91 Å². The highest BCUT2D eigenvalue weighted by Crippen LogP contribution is 2.19. The van der Waals surface area contributed by atoms with E-state index in [0.29, 0.717) is 13.0 Å². The van der Waals surface area contributed by atoms with Crippen molar-refractivity contribution < 1.29 is 19.0 Å². The lowest BCUT2D eigenvalue weighted by Crippen LogP contribution is -2.41. The lowest BCUT2D eigenvalue weighted by atomic mass is 10.1. The minimum absolute atomic E-state index is 0.00702. The first-order valence-electron chi connectivity index (χ1n) is 8.25. The van der Waals surface area contributed by atoms with Gasteiger partial charge < -0.3 is 19.5 Å². The molecule has 1 N–H and O–H groups in total. The number of methoxy groups -OCH3 is 1. The third kappa shape index (κ3) is 5.52. The second-order valence-corrected chi connectivity index (χ2v) is 6.04. The molecule has 1 aliphatic heterocycles. The monoisotopic (exact) mass is 321 g/mol. The van der Waals surface area contributed by atoms with Gasteiger partial charge in [-0.3, -0.25) is 4.79 Å². The van der Waals surface area contributed by atoms with Crippen LogP contribution in [0.3, 0.4) is 0 Å². The Kier molecular flexibility index (Phi) is 6.86. The van der Waals surface area contributed by atoms with Crippen LogP contribution in [0.25, 0.3) is 0 Å². The molecule has 0 aliphatic carbocycles. The number of rotatable bonds is 8. The van der Waals surface area contributed by atoms with Gasteiger partial charge in [0.2, 0.25) is 5.91 Å². The van der Waals surface area contributed by atoms with E-state index < -0.39 is 6.10 Å². The Balaban J connectivity index is 1.76. The first-order valence-corrected chi connectivity index (χ1v) is 8.25. The molecule has 5 nitrogen and oxygen atoms in total. The van der Waals surface area contributed by atoms with Crippen molar-refractivity contribution in [1.29, 1.82) is 0 Å². The van der Waals surface area contributed by atoms with Gasteiger partial charge in [0.1, 0.15) is 11.9 Å². The number of carbonyl (C=O) groups is 1. The maximum absolute atomic E-state index is 12.2. The van der Waals surface area contributed by atoms with Crippen molar-refractivity contribution in [1.82, 2.24) is 5.32 Å². The molecule has 0 spiro atoms. The maximum Gasteiger partial charge on any atom is 0.249 e. The SMILES string of the molecule is COc1ccccc1C[C@H](C)NC(=O)[C@@H](C)OC[C@@H]1CCCO1. The van der Waals surface area contributed by atoms with E-state index in [-0.39, 0.29) is 18.1 Å². The summed E-state index contributed by atoms with van der Waals surface area (Å²) in [6, 6.07) is 7.86. The van der Waals surface area contributed by atoms with Crippen LogP contribution in [0.5, 0.6) is 5.75 Å². The van der Waals surface area contributed by atoms with E-state index in [0.717, 1.165) is 30.8 Å². The molecule has 0 unspecified atom stereocenters. The number of hydrogen-bond acceptors (Lipinski definition) is 4. The largest absolute Gasteiger partial charge is 0.496 e. The van der Waals surface area contributed by atoms with Crippen molar-refractivity contribution in [2.45, 2.75) is 51.4 Å². The summed E-state index contributed by atoms with van der Waals surface area (Å²) in [5.74, 6) is 0.752. The minimum atomic E-state index is -0.473. The standard InChI is InChI=1S/C18H27NO4/c1-13(11-15-7-4-5-9-17(15)21-3)19-18(20)14(2)23-12-16-8-6-10-22-16/h4-5,7,9,13-14,16H,6,8,10-12H2,1-3H3,(H,19,20)/t13-,14+,16-/m0/s1. The smallest absolute Gasteiger partial charge is 0.249 e. The van der Waals surface area contributed by atoms with Gasteiger partial charge in [-0.05, 0) is 44.7 Å². The van der Waals surface area contributed by atoms with Crippen LogP contribution in [0.2, 0.25) is 0 Å². The second kappa shape index (κ2) is 8.89. The fourth-order valence-corrected chi connectivity index (χ4v) is 2.72. The molecule has 0 aromatic heterocycles. The number of hydrogen-bond donors (Lipinski definition) is 1. The normalized spacial score (nSPS) is 20.0. The molecule has 5 heteroatoms. The molecule has 2 rings (SSSR count). The molecule has 0 radical (unpaired) electrons. The molecule has 0 saturated carbocycles. The molecule has 1 heterocycles. The quantitative estimate of drug-likeness (QED) is 0.798. The summed E-state index contributed by atoms with van der Waals surface area (Å²) in [5, 5.41) is 2.99. The molecule has 128 valence electrons. The van der Waals surface area contributed by atoms with Gasteiger partial charge in [0.25, 0.3) is 0 Å². The van der Waals surface area contributed by atoms with E-state index in [1.54, 1.807) is 14.0 Å². The molecular weight excluding hydrogens is 294 g/mol. The lowest BCUT2D eigenvalue weighted by molar-refractivity contribution is -0.134. The second-order valence-electron chi connectivity index (χ2n) is 6.04. The first-order chi connectivity index (χ1) is 11.1. The Bertz CT molecular complexity index is 500. The van der Waals surface area contributed by atoms with E-state index in [1.807, 2.05) is 31.2 Å². The van der Waals surface area contributed by atoms with Crippen LogP contribution in [0.15, 0.2) is 24.3 Å². The van der Waals surface area contributed by atoms with Crippen LogP contribution < -0.4 is 10.1 Å². The van der Waals surface area contributed by atoms with Gasteiger partial charge in [0.15, 0.2) is 0 Å². The Morgan fingerprint density at radius 2 is 2.17 bits per heavy atom. The van der Waals surface area contributed by atoms with Gasteiger partial charge in [0, 0.05) is 12.6 Å². The molecule has 1 saturated heterocycles. The summed E-state index contributed by atoms with van der Waals surface area (Å²) in [4.78, 5) is 12.2. The third-order valence-corrected chi connectivity index (χ3v) is 4.03. The molecule has 1 aromatic rings. The van der Waals surface area contributed by atoms with Crippen LogP contribution in [0, 0.1) is 0 Å². The highest BCUT2D eigenvalue weighted by molar-refractivity contribution is 5.80. The van der Waals surface area contributed by atoms with Gasteiger partial charge in [-0.25, -0.2) is 0 Å². The van der Waals surface area contributed by atoms with Crippen LogP contribution in [-0.2, 0) is 20.7 Å². The molecule has 1 fully saturated rings. The fourth-order valence-electron chi connectivity index (χ4n) is 2.72. The average Bonchev–Trinajstić information content (AvgIpc) is 3.06. The van der Waals surface area contributed by atoms with Gasteiger partial charge in [-0.2, -0.15) is 0 Å². The van der Waals surface area contributed by atoms with Gasteiger partial charge in [0.05, 0.1) is 19.8 Å². The van der Waals surface area contributed by atoms with Gasteiger partial charge in [-0.1, -0.05) is 18.2 Å². The average molecular weight is 321 g/mol. The number of amides is 1. The van der Waals surface area contributed by atoms with Crippen molar-refractivity contribution in [2.24, 2.45) is 0 Å². The Morgan fingerprint density at radius 3 is 2.87 bits per heavy atom. The maximum atomic E-state index is 12.2. The summed E-state index contributed by atoms with van der Waals surface area (Å²) in [7, 11) is 1.66. The van der Waals surface area contributed by atoms with Crippen LogP contribution in [0.4, 0.5) is 0 Å². The molecular formula is C18H27NO4. The predicted octanol–water partition coefficient (Wildman–Crippen LogP) is 2.33. The van der Waals surface area contributed by atoms with E-state index >= 15 is 0 Å². The zero-order valence-corrected chi connectivity index (χ0v) is 14.2. The van der Waals surface area contributed by atoms with E-state index in [2.05, 4.69) is 5.32 Å². The molecule has 1 aromatic carbocycles. The zero-order valence-electron chi connectivity index (χ0n) is 14.2. The Hall–Kier alpha value is -1.59. The van der Waals surface area contributed by atoms with Gasteiger partial charge in [-0.15, -0.1) is 0 Å². The van der Waals surface area contributed by atoms with Crippen LogP contribution in [0.1, 0.15) is 32.3 Å². The zero-order chi connectivity index (χ0) is 16.7. The summed E-state index contributed by atoms with van der Waals surface area (Å²) >= 11 is 0. The summed E-state index contributed by atoms with van der Waals surface area (Å²) in [6.07, 6.45) is 2.47. The van der Waals surface area contributed by atoms with Crippen molar-refractivity contribution in [3.63, 3.8) is 0 Å². The number of carbonyl (C=O) groups excluding carboxylic acids is 1. The topological polar surface area (TPSA) is 56.8 Å². The molecule has 1 amide bonds. The van der Waals surface area contributed by atoms with E-state index in [1.165, 1.54) is 0 Å². The van der Waals surface area contributed by atoms with Crippen LogP contribution in [-0.4, -0.2) is 44.5 Å². The van der Waals surface area contributed by atoms with E-state index in [9.17, 15) is 4.79 Å². The first kappa shape index (κ1) is 17.8. The van der Waals surface area contributed by atoms with Gasteiger partial charge >= 0.3 is 0 Å². The highest BCUT2D eigenvalue weighted by atomic mass is 16.5. The van der Waals surface area contributed by atoms with Crippen molar-refractivity contribution in [3.05, 3.63) is 29.8 Å². The lowest BCUT2D eigenvalue weighted by Gasteiger charge is -2.20. The molecule has 1 aliphatic rings. The van der Waals surface area contributed by atoms with Crippen molar-refractivity contribution in [2.75, 3.05) is 20.3 Å². The number of para-hydroxylation sites is 1. The predicted molar refractivity (Wildman–Crippen MR) is 88.7 cm³/mol. The molecule has 3 atom stereocenters. The summed E-state index contributed by atoms with van der Waals surface area (Å²) in [6.45, 7) is 5.04.